The number of primary amides is 1. The molecule has 5 heteroatoms. The highest BCUT2D eigenvalue weighted by atomic mass is 16.1. The first-order valence-corrected chi connectivity index (χ1v) is 3.89. The van der Waals surface area contributed by atoms with Crippen molar-refractivity contribution >= 4 is 11.6 Å². The molecule has 0 aliphatic heterocycles. The van der Waals surface area contributed by atoms with Gasteiger partial charge in [-0.1, -0.05) is 18.2 Å². The molecule has 1 amide bonds. The Labute approximate surface area is 80.9 Å². The number of amides is 1. The number of rotatable bonds is 3. The molecule has 0 aliphatic carbocycles. The standard InChI is InChI=1S/C9H8N4O/c10-6-8(9(11)14)13-12-7-4-2-1-3-5-7/h1-5,8H,(H2,11,14)/b13-12+. The van der Waals surface area contributed by atoms with Crippen LogP contribution >= 0.6 is 0 Å². The maximum atomic E-state index is 10.6. The smallest absolute Gasteiger partial charge is 0.258 e. The first-order chi connectivity index (χ1) is 6.74. The Kier molecular flexibility index (Phi) is 3.33. The van der Waals surface area contributed by atoms with Gasteiger partial charge in [-0.2, -0.15) is 15.5 Å². The number of nitrogens with zero attached hydrogens (tertiary/aromatic N) is 3. The monoisotopic (exact) mass is 188 g/mol. The summed E-state index contributed by atoms with van der Waals surface area (Å²) in [7, 11) is 0. The number of carbonyl (C=O) groups excluding carboxylic acids is 1. The summed E-state index contributed by atoms with van der Waals surface area (Å²) >= 11 is 0. The third-order valence-corrected chi connectivity index (χ3v) is 1.44. The lowest BCUT2D eigenvalue weighted by Crippen LogP contribution is -2.24. The summed E-state index contributed by atoms with van der Waals surface area (Å²) in [5.41, 5.74) is 5.47. The highest BCUT2D eigenvalue weighted by Gasteiger charge is 2.11. The van der Waals surface area contributed by atoms with E-state index in [1.807, 2.05) is 6.07 Å². The van der Waals surface area contributed by atoms with Crippen LogP contribution in [0, 0.1) is 11.3 Å². The van der Waals surface area contributed by atoms with Gasteiger partial charge in [-0.15, -0.1) is 0 Å². The van der Waals surface area contributed by atoms with E-state index in [0.717, 1.165) is 0 Å². The van der Waals surface area contributed by atoms with Crippen molar-refractivity contribution in [3.05, 3.63) is 30.3 Å². The Morgan fingerprint density at radius 1 is 1.43 bits per heavy atom. The highest BCUT2D eigenvalue weighted by Crippen LogP contribution is 2.10. The summed E-state index contributed by atoms with van der Waals surface area (Å²) in [4.78, 5) is 10.6. The number of nitriles is 1. The molecular formula is C9H8N4O. The van der Waals surface area contributed by atoms with Crippen molar-refractivity contribution in [3.63, 3.8) is 0 Å². The Balaban J connectivity index is 2.74. The maximum Gasteiger partial charge on any atom is 0.258 e. The summed E-state index contributed by atoms with van der Waals surface area (Å²) in [6.45, 7) is 0. The molecule has 1 atom stereocenters. The van der Waals surface area contributed by atoms with E-state index in [1.54, 1.807) is 30.3 Å². The molecule has 0 bridgehead atoms. The number of hydrogen-bond acceptors (Lipinski definition) is 4. The van der Waals surface area contributed by atoms with Crippen LogP contribution in [0.1, 0.15) is 0 Å². The van der Waals surface area contributed by atoms with Gasteiger partial charge >= 0.3 is 0 Å². The average Bonchev–Trinajstić information content (AvgIpc) is 2.20. The van der Waals surface area contributed by atoms with Crippen LogP contribution in [0.2, 0.25) is 0 Å². The van der Waals surface area contributed by atoms with E-state index < -0.39 is 11.9 Å². The lowest BCUT2D eigenvalue weighted by Gasteiger charge is -1.94. The molecule has 1 aromatic rings. The van der Waals surface area contributed by atoms with Crippen LogP contribution in [-0.2, 0) is 4.79 Å². The summed E-state index contributed by atoms with van der Waals surface area (Å²) in [6, 6.07) is 9.22. The Morgan fingerprint density at radius 2 is 2.07 bits per heavy atom. The van der Waals surface area contributed by atoms with Crippen molar-refractivity contribution in [2.24, 2.45) is 16.0 Å². The zero-order valence-electron chi connectivity index (χ0n) is 7.29. The van der Waals surface area contributed by atoms with Crippen LogP contribution in [-0.4, -0.2) is 11.9 Å². The second-order valence-corrected chi connectivity index (χ2v) is 2.49. The largest absolute Gasteiger partial charge is 0.367 e. The number of hydrogen-bond donors (Lipinski definition) is 1. The summed E-state index contributed by atoms with van der Waals surface area (Å²) in [6.07, 6.45) is 0. The van der Waals surface area contributed by atoms with Gasteiger partial charge in [0.25, 0.3) is 5.91 Å². The van der Waals surface area contributed by atoms with Crippen LogP contribution in [0.5, 0.6) is 0 Å². The topological polar surface area (TPSA) is 91.6 Å². The molecule has 0 fully saturated rings. The van der Waals surface area contributed by atoms with Crippen LogP contribution < -0.4 is 5.73 Å². The van der Waals surface area contributed by atoms with Gasteiger partial charge in [-0.3, -0.25) is 4.79 Å². The van der Waals surface area contributed by atoms with Crippen molar-refractivity contribution in [2.45, 2.75) is 6.04 Å². The van der Waals surface area contributed by atoms with E-state index in [4.69, 9.17) is 11.0 Å². The van der Waals surface area contributed by atoms with Gasteiger partial charge in [-0.25, -0.2) is 0 Å². The van der Waals surface area contributed by atoms with Crippen LogP contribution in [0.15, 0.2) is 40.6 Å². The predicted octanol–water partition coefficient (Wildman–Crippen LogP) is 1.15. The zero-order valence-corrected chi connectivity index (χ0v) is 7.29. The fourth-order valence-electron chi connectivity index (χ4n) is 0.765. The van der Waals surface area contributed by atoms with Crippen molar-refractivity contribution in [2.75, 3.05) is 0 Å². The first kappa shape index (κ1) is 9.86. The third kappa shape index (κ3) is 2.68. The summed E-state index contributed by atoms with van der Waals surface area (Å²) in [5, 5.41) is 15.7. The van der Waals surface area contributed by atoms with Gasteiger partial charge in [0.05, 0.1) is 5.69 Å². The van der Waals surface area contributed by atoms with E-state index in [9.17, 15) is 4.79 Å². The molecule has 2 N–H and O–H groups in total. The predicted molar refractivity (Wildman–Crippen MR) is 49.6 cm³/mol. The van der Waals surface area contributed by atoms with Gasteiger partial charge < -0.3 is 5.73 Å². The molecule has 14 heavy (non-hydrogen) atoms. The summed E-state index contributed by atoms with van der Waals surface area (Å²) in [5.74, 6) is -0.799. The third-order valence-electron chi connectivity index (χ3n) is 1.44. The van der Waals surface area contributed by atoms with Crippen molar-refractivity contribution < 1.29 is 4.79 Å². The summed E-state index contributed by atoms with van der Waals surface area (Å²) < 4.78 is 0. The molecule has 5 nitrogen and oxygen atoms in total. The maximum absolute atomic E-state index is 10.6. The minimum absolute atomic E-state index is 0.578. The van der Waals surface area contributed by atoms with Crippen LogP contribution in [0.4, 0.5) is 5.69 Å². The zero-order chi connectivity index (χ0) is 10.4. The van der Waals surface area contributed by atoms with Gasteiger partial charge in [0.1, 0.15) is 6.07 Å². The van der Waals surface area contributed by atoms with E-state index in [-0.39, 0.29) is 0 Å². The highest BCUT2D eigenvalue weighted by molar-refractivity contribution is 5.82. The van der Waals surface area contributed by atoms with Crippen molar-refractivity contribution in [3.8, 4) is 6.07 Å². The van der Waals surface area contributed by atoms with Gasteiger partial charge in [0.15, 0.2) is 0 Å². The quantitative estimate of drug-likeness (QED) is 0.720. The normalized spacial score (nSPS) is 12.2. The van der Waals surface area contributed by atoms with Gasteiger partial charge in [-0.05, 0) is 12.1 Å². The molecular weight excluding hydrogens is 180 g/mol. The Bertz CT molecular complexity index is 380. The van der Waals surface area contributed by atoms with E-state index in [1.165, 1.54) is 0 Å². The molecule has 0 saturated heterocycles. The molecule has 0 heterocycles. The van der Waals surface area contributed by atoms with Crippen LogP contribution in [0.3, 0.4) is 0 Å². The number of benzene rings is 1. The van der Waals surface area contributed by atoms with Gasteiger partial charge in [0.2, 0.25) is 6.04 Å². The number of nitrogens with two attached hydrogens (primary N) is 1. The Morgan fingerprint density at radius 3 is 2.57 bits per heavy atom. The van der Waals surface area contributed by atoms with Gasteiger partial charge in [0, 0.05) is 0 Å². The number of carbonyl (C=O) groups is 1. The molecule has 0 spiro atoms. The second kappa shape index (κ2) is 4.72. The molecule has 1 unspecified atom stereocenters. The Hall–Kier alpha value is -2.22. The molecule has 1 aromatic carbocycles. The average molecular weight is 188 g/mol. The van der Waals surface area contributed by atoms with E-state index in [0.29, 0.717) is 5.69 Å². The fourth-order valence-corrected chi connectivity index (χ4v) is 0.765. The lowest BCUT2D eigenvalue weighted by atomic mass is 10.3. The number of azo groups is 1. The van der Waals surface area contributed by atoms with Crippen LogP contribution in [0.25, 0.3) is 0 Å². The fraction of sp³-hybridized carbons (Fsp3) is 0.111. The van der Waals surface area contributed by atoms with E-state index >= 15 is 0 Å². The molecule has 0 aliphatic rings. The molecule has 0 saturated carbocycles. The molecule has 0 aromatic heterocycles. The minimum atomic E-state index is -1.21. The SMILES string of the molecule is N#CC(/N=N/c1ccccc1)C(N)=O. The molecule has 70 valence electrons. The van der Waals surface area contributed by atoms with E-state index in [2.05, 4.69) is 10.2 Å². The van der Waals surface area contributed by atoms with Crippen molar-refractivity contribution in [1.29, 1.82) is 5.26 Å². The first-order valence-electron chi connectivity index (χ1n) is 3.89. The second-order valence-electron chi connectivity index (χ2n) is 2.49. The lowest BCUT2D eigenvalue weighted by molar-refractivity contribution is -0.118. The minimum Gasteiger partial charge on any atom is -0.367 e. The van der Waals surface area contributed by atoms with Crippen molar-refractivity contribution in [1.82, 2.24) is 0 Å². The molecule has 1 rings (SSSR count). The molecule has 0 radical (unpaired) electrons.